The molecule has 0 aromatic heterocycles. The number of hydrogen-bond acceptors (Lipinski definition) is 4. The summed E-state index contributed by atoms with van der Waals surface area (Å²) in [5, 5.41) is 11.7. The summed E-state index contributed by atoms with van der Waals surface area (Å²) in [4.78, 5) is 38.0. The molecule has 0 saturated carbocycles. The van der Waals surface area contributed by atoms with Gasteiger partial charge in [0.25, 0.3) is 0 Å². The number of carbonyl (C=O) groups excluding carboxylic acids is 2. The molecule has 2 aliphatic rings. The van der Waals surface area contributed by atoms with Gasteiger partial charge in [-0.15, -0.1) is 0 Å². The second kappa shape index (κ2) is 6.75. The topological polar surface area (TPSA) is 99.2 Å². The summed E-state index contributed by atoms with van der Waals surface area (Å²) < 4.78 is 4.86. The van der Waals surface area contributed by atoms with E-state index < -0.39 is 11.9 Å². The van der Waals surface area contributed by atoms with Crippen molar-refractivity contribution >= 4 is 17.9 Å². The third-order valence-corrected chi connectivity index (χ3v) is 3.98. The molecule has 0 bridgehead atoms. The van der Waals surface area contributed by atoms with E-state index in [-0.39, 0.29) is 30.9 Å². The summed E-state index contributed by atoms with van der Waals surface area (Å²) in [5.41, 5.74) is 0. The normalized spacial score (nSPS) is 25.5. The van der Waals surface area contributed by atoms with E-state index in [1.165, 1.54) is 0 Å². The molecule has 0 radical (unpaired) electrons. The summed E-state index contributed by atoms with van der Waals surface area (Å²) in [5.74, 6) is -1.69. The number of amides is 3. The Kier molecular flexibility index (Phi) is 5.00. The van der Waals surface area contributed by atoms with Crippen LogP contribution in [0.4, 0.5) is 4.79 Å². The van der Waals surface area contributed by atoms with E-state index in [4.69, 9.17) is 9.84 Å². The van der Waals surface area contributed by atoms with Crippen LogP contribution in [0.25, 0.3) is 0 Å². The number of likely N-dealkylation sites (tertiary alicyclic amines) is 2. The smallest absolute Gasteiger partial charge is 0.317 e. The van der Waals surface area contributed by atoms with E-state index in [9.17, 15) is 14.4 Å². The molecule has 8 heteroatoms. The Balaban J connectivity index is 1.83. The molecular formula is C13H21N3O5. The van der Waals surface area contributed by atoms with Crippen LogP contribution in [0, 0.1) is 5.92 Å². The highest BCUT2D eigenvalue weighted by molar-refractivity contribution is 5.86. The summed E-state index contributed by atoms with van der Waals surface area (Å²) in [6, 6.07) is -0.244. The van der Waals surface area contributed by atoms with Crippen molar-refractivity contribution in [3.05, 3.63) is 0 Å². The highest BCUT2D eigenvalue weighted by Gasteiger charge is 2.40. The average molecular weight is 299 g/mol. The lowest BCUT2D eigenvalue weighted by Gasteiger charge is -2.24. The average Bonchev–Trinajstić information content (AvgIpc) is 3.05. The summed E-state index contributed by atoms with van der Waals surface area (Å²) in [7, 11) is 1.57. The molecule has 2 fully saturated rings. The van der Waals surface area contributed by atoms with Gasteiger partial charge >= 0.3 is 12.0 Å². The zero-order valence-electron chi connectivity index (χ0n) is 12.1. The van der Waals surface area contributed by atoms with Crippen molar-refractivity contribution in [1.82, 2.24) is 15.1 Å². The molecule has 8 nitrogen and oxygen atoms in total. The Morgan fingerprint density at radius 1 is 1.43 bits per heavy atom. The Morgan fingerprint density at radius 3 is 2.81 bits per heavy atom. The molecule has 2 aliphatic heterocycles. The van der Waals surface area contributed by atoms with Crippen LogP contribution in [-0.4, -0.2) is 78.8 Å². The number of carboxylic acids is 1. The van der Waals surface area contributed by atoms with Gasteiger partial charge in [0, 0.05) is 39.7 Å². The van der Waals surface area contributed by atoms with Gasteiger partial charge in [0.15, 0.2) is 0 Å². The zero-order chi connectivity index (χ0) is 15.4. The minimum Gasteiger partial charge on any atom is -0.481 e. The quantitative estimate of drug-likeness (QED) is 0.657. The Morgan fingerprint density at radius 2 is 2.19 bits per heavy atom. The summed E-state index contributed by atoms with van der Waals surface area (Å²) in [6.07, 6.45) is 0.752. The van der Waals surface area contributed by atoms with Crippen LogP contribution in [0.5, 0.6) is 0 Å². The van der Waals surface area contributed by atoms with Gasteiger partial charge in [-0.05, 0) is 6.42 Å². The number of nitrogens with zero attached hydrogens (tertiary/aromatic N) is 2. The molecule has 2 heterocycles. The van der Waals surface area contributed by atoms with Gasteiger partial charge in [-0.25, -0.2) is 4.79 Å². The number of aliphatic carboxylic acids is 1. The molecule has 2 rings (SSSR count). The molecule has 0 aliphatic carbocycles. The first-order chi connectivity index (χ1) is 10.0. The van der Waals surface area contributed by atoms with Crippen LogP contribution in [0.2, 0.25) is 0 Å². The van der Waals surface area contributed by atoms with Crippen LogP contribution >= 0.6 is 0 Å². The van der Waals surface area contributed by atoms with Gasteiger partial charge in [-0.3, -0.25) is 9.59 Å². The maximum atomic E-state index is 11.9. The largest absolute Gasteiger partial charge is 0.481 e. The van der Waals surface area contributed by atoms with Gasteiger partial charge in [0.2, 0.25) is 5.91 Å². The Bertz CT molecular complexity index is 428. The van der Waals surface area contributed by atoms with Crippen LogP contribution in [0.3, 0.4) is 0 Å². The van der Waals surface area contributed by atoms with Crippen LogP contribution in [-0.2, 0) is 14.3 Å². The van der Waals surface area contributed by atoms with Gasteiger partial charge in [0.1, 0.15) is 0 Å². The third kappa shape index (κ3) is 3.63. The molecule has 0 aromatic rings. The van der Waals surface area contributed by atoms with Crippen molar-refractivity contribution in [3.8, 4) is 0 Å². The lowest BCUT2D eigenvalue weighted by Crippen LogP contribution is -2.43. The van der Waals surface area contributed by atoms with Gasteiger partial charge in [0.05, 0.1) is 18.6 Å². The molecule has 2 atom stereocenters. The van der Waals surface area contributed by atoms with Crippen molar-refractivity contribution in [3.63, 3.8) is 0 Å². The lowest BCUT2D eigenvalue weighted by molar-refractivity contribution is -0.141. The second-order valence-corrected chi connectivity index (χ2v) is 5.40. The summed E-state index contributed by atoms with van der Waals surface area (Å²) >= 11 is 0. The van der Waals surface area contributed by atoms with Gasteiger partial charge in [-0.2, -0.15) is 0 Å². The van der Waals surface area contributed by atoms with Gasteiger partial charge in [-0.1, -0.05) is 0 Å². The zero-order valence-corrected chi connectivity index (χ0v) is 12.1. The monoisotopic (exact) mass is 299 g/mol. The van der Waals surface area contributed by atoms with Crippen LogP contribution < -0.4 is 5.32 Å². The molecule has 2 unspecified atom stereocenters. The van der Waals surface area contributed by atoms with E-state index in [1.807, 2.05) is 0 Å². The number of rotatable bonds is 5. The standard InChI is InChI=1S/C13H21N3O5/c1-21-5-3-14-13(20)15-4-2-10(8-15)16-7-9(12(18)19)6-11(16)17/h9-10H,2-8H2,1H3,(H,14,20)(H,18,19). The molecule has 3 amide bonds. The molecule has 2 N–H and O–H groups in total. The van der Waals surface area contributed by atoms with E-state index in [2.05, 4.69) is 5.32 Å². The maximum Gasteiger partial charge on any atom is 0.317 e. The fraction of sp³-hybridized carbons (Fsp3) is 0.769. The Labute approximate surface area is 123 Å². The number of ether oxygens (including phenoxy) is 1. The predicted molar refractivity (Wildman–Crippen MR) is 72.7 cm³/mol. The molecule has 0 spiro atoms. The van der Waals surface area contributed by atoms with E-state index in [0.29, 0.717) is 32.7 Å². The second-order valence-electron chi connectivity index (χ2n) is 5.40. The molecule has 21 heavy (non-hydrogen) atoms. The molecule has 2 saturated heterocycles. The molecular weight excluding hydrogens is 278 g/mol. The van der Waals surface area contributed by atoms with Gasteiger partial charge < -0.3 is 25.0 Å². The first kappa shape index (κ1) is 15.6. The summed E-state index contributed by atoms with van der Waals surface area (Å²) in [6.45, 7) is 2.17. The first-order valence-electron chi connectivity index (χ1n) is 7.07. The van der Waals surface area contributed by atoms with Crippen molar-refractivity contribution in [2.45, 2.75) is 18.9 Å². The first-order valence-corrected chi connectivity index (χ1v) is 7.07. The molecule has 118 valence electrons. The van der Waals surface area contributed by atoms with Crippen molar-refractivity contribution < 1.29 is 24.2 Å². The number of urea groups is 1. The van der Waals surface area contributed by atoms with E-state index in [0.717, 1.165) is 0 Å². The van der Waals surface area contributed by atoms with E-state index >= 15 is 0 Å². The van der Waals surface area contributed by atoms with Crippen molar-refractivity contribution in [1.29, 1.82) is 0 Å². The predicted octanol–water partition coefficient (Wildman–Crippen LogP) is -0.650. The Hall–Kier alpha value is -1.83. The number of nitrogens with one attached hydrogen (secondary N) is 1. The lowest BCUT2D eigenvalue weighted by atomic mass is 10.1. The van der Waals surface area contributed by atoms with Crippen LogP contribution in [0.1, 0.15) is 12.8 Å². The van der Waals surface area contributed by atoms with Crippen molar-refractivity contribution in [2.24, 2.45) is 5.92 Å². The third-order valence-electron chi connectivity index (χ3n) is 3.98. The molecule has 0 aromatic carbocycles. The highest BCUT2D eigenvalue weighted by atomic mass is 16.5. The minimum absolute atomic E-state index is 0.0614. The maximum absolute atomic E-state index is 11.9. The fourth-order valence-electron chi connectivity index (χ4n) is 2.80. The number of hydrogen-bond donors (Lipinski definition) is 2. The van der Waals surface area contributed by atoms with Crippen molar-refractivity contribution in [2.75, 3.05) is 39.9 Å². The SMILES string of the molecule is COCCNC(=O)N1CCC(N2CC(C(=O)O)CC2=O)C1. The number of methoxy groups -OCH3 is 1. The fourth-order valence-corrected chi connectivity index (χ4v) is 2.80. The highest BCUT2D eigenvalue weighted by Crippen LogP contribution is 2.25. The van der Waals surface area contributed by atoms with E-state index in [1.54, 1.807) is 16.9 Å². The van der Waals surface area contributed by atoms with Crippen LogP contribution in [0.15, 0.2) is 0 Å². The number of carboxylic acid groups (broad SMARTS) is 1. The minimum atomic E-state index is -0.932. The number of carbonyl (C=O) groups is 3.